The first-order chi connectivity index (χ1) is 7.87. The van der Waals surface area contributed by atoms with E-state index in [2.05, 4.69) is 35.0 Å². The predicted molar refractivity (Wildman–Crippen MR) is 80.2 cm³/mol. The number of hydrogen-bond acceptors (Lipinski definition) is 2. The summed E-state index contributed by atoms with van der Waals surface area (Å²) in [5.74, 6) is 0. The molecular formula is C14H37N2O+. The van der Waals surface area contributed by atoms with Gasteiger partial charge in [-0.25, -0.2) is 0 Å². The minimum atomic E-state index is -0.252. The zero-order valence-corrected chi connectivity index (χ0v) is 13.1. The lowest BCUT2D eigenvalue weighted by atomic mass is 10.1. The molecule has 0 saturated carbocycles. The highest BCUT2D eigenvalue weighted by molar-refractivity contribution is 5.56. The Morgan fingerprint density at radius 2 is 1.59 bits per heavy atom. The summed E-state index contributed by atoms with van der Waals surface area (Å²) in [6, 6.07) is -0.252. The van der Waals surface area contributed by atoms with Crippen LogP contribution in [0.2, 0.25) is 0 Å². The van der Waals surface area contributed by atoms with Crippen LogP contribution in [0.25, 0.3) is 0 Å². The van der Waals surface area contributed by atoms with Gasteiger partial charge in [-0.3, -0.25) is 0 Å². The molecule has 0 fully saturated rings. The third-order valence-corrected chi connectivity index (χ3v) is 1.79. The van der Waals surface area contributed by atoms with Gasteiger partial charge in [-0.15, -0.1) is 0 Å². The van der Waals surface area contributed by atoms with Crippen molar-refractivity contribution in [3.8, 4) is 0 Å². The third-order valence-electron chi connectivity index (χ3n) is 1.79. The van der Waals surface area contributed by atoms with Crippen LogP contribution in [0.4, 0.5) is 0 Å². The lowest BCUT2D eigenvalue weighted by Crippen LogP contribution is -2.35. The number of nitrogens with zero attached hydrogens (tertiary/aromatic N) is 1. The van der Waals surface area contributed by atoms with Crippen LogP contribution >= 0.6 is 0 Å². The highest BCUT2D eigenvalue weighted by Crippen LogP contribution is 2.01. The van der Waals surface area contributed by atoms with Crippen molar-refractivity contribution in [3.63, 3.8) is 0 Å². The number of unbranched alkanes of at least 4 members (excludes halogenated alkanes) is 1. The summed E-state index contributed by atoms with van der Waals surface area (Å²) >= 11 is 0. The van der Waals surface area contributed by atoms with E-state index >= 15 is 0 Å². The maximum Gasteiger partial charge on any atom is 0.136 e. The molecule has 0 radical (unpaired) electrons. The maximum absolute atomic E-state index is 10.2. The fourth-order valence-electron chi connectivity index (χ4n) is 1.03. The smallest absolute Gasteiger partial charge is 0.136 e. The SMILES string of the molecule is CC.CCC.C[N+](C)(C)CCCC[C@H](N)C=O.[HH]. The van der Waals surface area contributed by atoms with E-state index < -0.39 is 0 Å². The summed E-state index contributed by atoms with van der Waals surface area (Å²) in [6.45, 7) is 9.39. The van der Waals surface area contributed by atoms with Crippen molar-refractivity contribution in [1.29, 1.82) is 0 Å². The molecule has 0 aromatic heterocycles. The van der Waals surface area contributed by atoms with Gasteiger partial charge in [0.1, 0.15) is 6.29 Å². The van der Waals surface area contributed by atoms with Gasteiger partial charge in [0.05, 0.1) is 33.7 Å². The molecule has 0 aromatic rings. The second-order valence-electron chi connectivity index (χ2n) is 5.02. The highest BCUT2D eigenvalue weighted by atomic mass is 16.1. The van der Waals surface area contributed by atoms with Crippen LogP contribution < -0.4 is 5.73 Å². The van der Waals surface area contributed by atoms with Crippen LogP contribution in [0.1, 0.15) is 54.8 Å². The molecule has 0 saturated heterocycles. The molecule has 0 aliphatic carbocycles. The van der Waals surface area contributed by atoms with E-state index in [9.17, 15) is 4.79 Å². The molecule has 0 aliphatic rings. The van der Waals surface area contributed by atoms with Gasteiger partial charge >= 0.3 is 0 Å². The molecule has 3 nitrogen and oxygen atoms in total. The first-order valence-electron chi connectivity index (χ1n) is 6.88. The molecule has 17 heavy (non-hydrogen) atoms. The molecule has 0 aromatic carbocycles. The van der Waals surface area contributed by atoms with E-state index in [1.807, 2.05) is 13.8 Å². The van der Waals surface area contributed by atoms with Crippen molar-refractivity contribution in [3.05, 3.63) is 0 Å². The van der Waals surface area contributed by atoms with Crippen molar-refractivity contribution in [2.75, 3.05) is 27.7 Å². The molecule has 2 N–H and O–H groups in total. The fourth-order valence-corrected chi connectivity index (χ4v) is 1.03. The van der Waals surface area contributed by atoms with Crippen LogP contribution in [0.15, 0.2) is 0 Å². The minimum absolute atomic E-state index is 0. The maximum atomic E-state index is 10.2. The molecule has 0 amide bonds. The number of carbonyl (C=O) groups is 1. The normalized spacial score (nSPS) is 11.5. The Balaban J connectivity index is -0.000000142. The molecule has 1 atom stereocenters. The van der Waals surface area contributed by atoms with Gasteiger partial charge in [0.2, 0.25) is 0 Å². The van der Waals surface area contributed by atoms with E-state index in [1.165, 1.54) is 6.42 Å². The monoisotopic (exact) mass is 249 g/mol. The molecule has 0 aliphatic heterocycles. The van der Waals surface area contributed by atoms with Crippen LogP contribution in [-0.4, -0.2) is 44.5 Å². The second kappa shape index (κ2) is 15.6. The average Bonchev–Trinajstić information content (AvgIpc) is 2.26. The Kier molecular flexibility index (Phi) is 20.0. The molecule has 0 heterocycles. The van der Waals surface area contributed by atoms with E-state index in [-0.39, 0.29) is 7.47 Å². The van der Waals surface area contributed by atoms with Crippen molar-refractivity contribution in [2.45, 2.75) is 59.4 Å². The van der Waals surface area contributed by atoms with Crippen molar-refractivity contribution in [1.82, 2.24) is 0 Å². The van der Waals surface area contributed by atoms with Gasteiger partial charge in [-0.2, -0.15) is 0 Å². The number of nitrogens with two attached hydrogens (primary N) is 1. The van der Waals surface area contributed by atoms with E-state index in [1.54, 1.807) is 0 Å². The lowest BCUT2D eigenvalue weighted by molar-refractivity contribution is -0.870. The van der Waals surface area contributed by atoms with Gasteiger partial charge in [-0.1, -0.05) is 34.1 Å². The summed E-state index contributed by atoms with van der Waals surface area (Å²) < 4.78 is 0.982. The van der Waals surface area contributed by atoms with Crippen molar-refractivity contribution < 1.29 is 10.7 Å². The van der Waals surface area contributed by atoms with E-state index in [0.29, 0.717) is 0 Å². The molecule has 0 spiro atoms. The Bertz CT molecular complexity index is 147. The van der Waals surface area contributed by atoms with Crippen LogP contribution in [-0.2, 0) is 4.79 Å². The summed E-state index contributed by atoms with van der Waals surface area (Å²) in [4.78, 5) is 10.2. The molecule has 108 valence electrons. The predicted octanol–water partition coefficient (Wildman–Crippen LogP) is 3.08. The summed E-state index contributed by atoms with van der Waals surface area (Å²) in [6.07, 6.45) is 5.09. The first kappa shape index (κ1) is 21.8. The van der Waals surface area contributed by atoms with Gasteiger partial charge in [-0.05, 0) is 19.3 Å². The van der Waals surface area contributed by atoms with Crippen LogP contribution in [0.3, 0.4) is 0 Å². The van der Waals surface area contributed by atoms with Gasteiger partial charge < -0.3 is 15.0 Å². The van der Waals surface area contributed by atoms with Crippen LogP contribution in [0, 0.1) is 0 Å². The number of rotatable bonds is 6. The molecule has 0 rings (SSSR count). The Labute approximate surface area is 110 Å². The number of aldehydes is 1. The fraction of sp³-hybridized carbons (Fsp3) is 0.929. The quantitative estimate of drug-likeness (QED) is 0.446. The van der Waals surface area contributed by atoms with E-state index in [4.69, 9.17) is 5.73 Å². The lowest BCUT2D eigenvalue weighted by Gasteiger charge is -2.23. The summed E-state index contributed by atoms with van der Waals surface area (Å²) in [7, 11) is 6.50. The zero-order valence-electron chi connectivity index (χ0n) is 13.1. The van der Waals surface area contributed by atoms with Crippen molar-refractivity contribution in [2.24, 2.45) is 5.73 Å². The molecule has 3 heteroatoms. The average molecular weight is 249 g/mol. The second-order valence-corrected chi connectivity index (χ2v) is 5.02. The number of carbonyl (C=O) groups excluding carboxylic acids is 1. The summed E-state index contributed by atoms with van der Waals surface area (Å²) in [5, 5.41) is 0. The van der Waals surface area contributed by atoms with E-state index in [0.717, 1.165) is 36.6 Å². The first-order valence-corrected chi connectivity index (χ1v) is 6.88. The standard InChI is InChI=1S/C9H21N2O.C3H8.C2H6.H2/c1-11(2,3)7-5-4-6-9(10)8-12;1-3-2;1-2;/h8-9H,4-7,10H2,1-3H3;3H2,1-2H3;1-2H3;1H/q+1;;;/t9-;;;/m0.../s1. The third kappa shape index (κ3) is 31.3. The summed E-state index contributed by atoms with van der Waals surface area (Å²) in [5.41, 5.74) is 5.45. The Hall–Kier alpha value is -0.410. The Morgan fingerprint density at radius 1 is 1.18 bits per heavy atom. The van der Waals surface area contributed by atoms with Crippen molar-refractivity contribution >= 4 is 6.29 Å². The zero-order chi connectivity index (χ0) is 14.3. The minimum Gasteiger partial charge on any atom is -0.331 e. The Morgan fingerprint density at radius 3 is 1.88 bits per heavy atom. The molecular weight excluding hydrogens is 212 g/mol. The topological polar surface area (TPSA) is 43.1 Å². The van der Waals surface area contributed by atoms with Gasteiger partial charge in [0, 0.05) is 1.43 Å². The van der Waals surface area contributed by atoms with Gasteiger partial charge in [0.25, 0.3) is 0 Å². The highest BCUT2D eigenvalue weighted by Gasteiger charge is 2.06. The number of quaternary nitrogens is 1. The largest absolute Gasteiger partial charge is 0.331 e. The van der Waals surface area contributed by atoms with Crippen LogP contribution in [0.5, 0.6) is 0 Å². The van der Waals surface area contributed by atoms with Gasteiger partial charge in [0.15, 0.2) is 0 Å². The molecule has 0 unspecified atom stereocenters. The molecule has 0 bridgehead atoms. The number of hydrogen-bond donors (Lipinski definition) is 1.